The average molecular weight is 418 g/mol. The third kappa shape index (κ3) is 2.77. The van der Waals surface area contributed by atoms with Crippen LogP contribution in [-0.2, 0) is 14.4 Å². The molecule has 0 aromatic heterocycles. The van der Waals surface area contributed by atoms with E-state index < -0.39 is 41.1 Å². The zero-order valence-electron chi connectivity index (χ0n) is 17.6. The van der Waals surface area contributed by atoms with Crippen molar-refractivity contribution in [2.75, 3.05) is 4.90 Å². The van der Waals surface area contributed by atoms with E-state index in [1.165, 1.54) is 18.2 Å². The molecule has 2 amide bonds. The Kier molecular flexibility index (Phi) is 4.19. The molecule has 3 aliphatic heterocycles. The highest BCUT2D eigenvalue weighted by Crippen LogP contribution is 2.54. The van der Waals surface area contributed by atoms with E-state index >= 15 is 0 Å². The van der Waals surface area contributed by atoms with E-state index in [2.05, 4.69) is 0 Å². The minimum atomic E-state index is -0.816. The lowest BCUT2D eigenvalue weighted by molar-refractivity contribution is -0.135. The van der Waals surface area contributed by atoms with Gasteiger partial charge in [-0.25, -0.2) is 9.29 Å². The fraction of sp³-hybridized carbons (Fsp3) is 0.320. The predicted molar refractivity (Wildman–Crippen MR) is 114 cm³/mol. The van der Waals surface area contributed by atoms with Crippen LogP contribution in [0.3, 0.4) is 0 Å². The van der Waals surface area contributed by atoms with Gasteiger partial charge in [-0.1, -0.05) is 51.1 Å². The molecule has 3 heterocycles. The summed E-state index contributed by atoms with van der Waals surface area (Å²) < 4.78 is 13.9. The van der Waals surface area contributed by atoms with Crippen LogP contribution in [0.1, 0.15) is 37.9 Å². The fourth-order valence-electron chi connectivity index (χ4n) is 5.17. The molecule has 158 valence electrons. The summed E-state index contributed by atoms with van der Waals surface area (Å²) in [5.41, 5.74) is 1.41. The summed E-state index contributed by atoms with van der Waals surface area (Å²) in [6, 6.07) is 12.0. The highest BCUT2D eigenvalue weighted by Gasteiger charge is 2.65. The van der Waals surface area contributed by atoms with E-state index in [1.807, 2.05) is 62.2 Å². The van der Waals surface area contributed by atoms with E-state index in [9.17, 15) is 18.8 Å². The van der Waals surface area contributed by atoms with Gasteiger partial charge in [-0.05, 0) is 35.4 Å². The second-order valence-electron chi connectivity index (χ2n) is 9.44. The first kappa shape index (κ1) is 19.7. The highest BCUT2D eigenvalue weighted by atomic mass is 19.1. The van der Waals surface area contributed by atoms with E-state index in [0.29, 0.717) is 0 Å². The third-order valence-corrected chi connectivity index (χ3v) is 6.54. The monoisotopic (exact) mass is 418 g/mol. The van der Waals surface area contributed by atoms with E-state index in [4.69, 9.17) is 0 Å². The van der Waals surface area contributed by atoms with Gasteiger partial charge in [0.15, 0.2) is 5.78 Å². The number of hydrogen-bond acceptors (Lipinski definition) is 4. The van der Waals surface area contributed by atoms with Crippen molar-refractivity contribution in [1.82, 2.24) is 4.90 Å². The molecule has 3 aliphatic rings. The largest absolute Gasteiger partial charge is 0.359 e. The molecule has 0 saturated carbocycles. The van der Waals surface area contributed by atoms with Gasteiger partial charge >= 0.3 is 0 Å². The molecule has 2 saturated heterocycles. The van der Waals surface area contributed by atoms with Crippen molar-refractivity contribution in [1.29, 1.82) is 0 Å². The lowest BCUT2D eigenvalue weighted by atomic mass is 9.79. The van der Waals surface area contributed by atoms with Gasteiger partial charge in [0, 0.05) is 11.6 Å². The van der Waals surface area contributed by atoms with E-state index in [1.54, 1.807) is 6.07 Å². The normalized spacial score (nSPS) is 26.7. The summed E-state index contributed by atoms with van der Waals surface area (Å²) in [6.45, 7) is 5.47. The Morgan fingerprint density at radius 1 is 0.968 bits per heavy atom. The Bertz CT molecular complexity index is 1150. The van der Waals surface area contributed by atoms with Crippen LogP contribution < -0.4 is 4.90 Å². The summed E-state index contributed by atoms with van der Waals surface area (Å²) in [7, 11) is 0. The Labute approximate surface area is 180 Å². The SMILES string of the molecule is CC(C)(C)C(=O)[C@@H]1[C@@H]2C(=O)N(c3cccc(F)c3)C(=O)[C@@H]2[C@H]2c3ccccc3C=CN12. The van der Waals surface area contributed by atoms with Crippen molar-refractivity contribution in [3.63, 3.8) is 0 Å². The average Bonchev–Trinajstić information content (AvgIpc) is 3.19. The number of hydrogen-bond donors (Lipinski definition) is 0. The minimum Gasteiger partial charge on any atom is -0.359 e. The van der Waals surface area contributed by atoms with Gasteiger partial charge in [-0.3, -0.25) is 14.4 Å². The molecule has 5 nitrogen and oxygen atoms in total. The van der Waals surface area contributed by atoms with Crippen LogP contribution in [0.15, 0.2) is 54.7 Å². The van der Waals surface area contributed by atoms with Gasteiger partial charge < -0.3 is 4.90 Å². The van der Waals surface area contributed by atoms with Crippen LogP contribution in [-0.4, -0.2) is 28.5 Å². The molecule has 0 bridgehead atoms. The van der Waals surface area contributed by atoms with Crippen LogP contribution in [0.2, 0.25) is 0 Å². The van der Waals surface area contributed by atoms with Crippen molar-refractivity contribution in [3.05, 3.63) is 71.7 Å². The number of carbonyl (C=O) groups excluding carboxylic acids is 3. The third-order valence-electron chi connectivity index (χ3n) is 6.54. The number of ketones is 1. The maximum absolute atomic E-state index is 13.9. The van der Waals surface area contributed by atoms with Crippen molar-refractivity contribution in [3.8, 4) is 0 Å². The number of Topliss-reactive ketones (excluding diaryl/α,β-unsaturated/α-hetero) is 1. The molecule has 0 N–H and O–H groups in total. The highest BCUT2D eigenvalue weighted by molar-refractivity contribution is 6.24. The number of benzene rings is 2. The van der Waals surface area contributed by atoms with E-state index in [0.717, 1.165) is 16.0 Å². The number of amides is 2. The maximum Gasteiger partial charge on any atom is 0.240 e. The summed E-state index contributed by atoms with van der Waals surface area (Å²) >= 11 is 0. The molecule has 6 heteroatoms. The first-order valence-electron chi connectivity index (χ1n) is 10.4. The second kappa shape index (κ2) is 6.61. The van der Waals surface area contributed by atoms with Crippen molar-refractivity contribution in [2.45, 2.75) is 32.9 Å². The number of anilines is 1. The number of halogens is 1. The quantitative estimate of drug-likeness (QED) is 0.693. The number of fused-ring (bicyclic) bond motifs is 5. The van der Waals surface area contributed by atoms with Gasteiger partial charge in [0.05, 0.1) is 23.6 Å². The molecule has 2 aromatic carbocycles. The Morgan fingerprint density at radius 2 is 1.68 bits per heavy atom. The van der Waals surface area contributed by atoms with Crippen LogP contribution in [0.25, 0.3) is 6.08 Å². The molecule has 0 aliphatic carbocycles. The van der Waals surface area contributed by atoms with Crippen LogP contribution >= 0.6 is 0 Å². The number of carbonyl (C=O) groups is 3. The summed E-state index contributed by atoms with van der Waals surface area (Å²) in [6.07, 6.45) is 3.77. The molecular weight excluding hydrogens is 395 g/mol. The maximum atomic E-state index is 13.9. The minimum absolute atomic E-state index is 0.0868. The van der Waals surface area contributed by atoms with Crippen molar-refractivity contribution >= 4 is 29.4 Å². The van der Waals surface area contributed by atoms with Crippen LogP contribution in [0.4, 0.5) is 10.1 Å². The summed E-state index contributed by atoms with van der Waals surface area (Å²) in [4.78, 5) is 43.7. The zero-order chi connectivity index (χ0) is 22.1. The lowest BCUT2D eigenvalue weighted by Gasteiger charge is -2.37. The van der Waals surface area contributed by atoms with Gasteiger partial charge in [0.1, 0.15) is 11.9 Å². The number of rotatable bonds is 2. The molecule has 0 radical (unpaired) electrons. The topological polar surface area (TPSA) is 57.7 Å². The lowest BCUT2D eigenvalue weighted by Crippen LogP contribution is -2.47. The molecule has 2 fully saturated rings. The Hall–Kier alpha value is -3.28. The number of nitrogens with zero attached hydrogens (tertiary/aromatic N) is 2. The fourth-order valence-corrected chi connectivity index (χ4v) is 5.17. The van der Waals surface area contributed by atoms with Crippen LogP contribution in [0.5, 0.6) is 0 Å². The summed E-state index contributed by atoms with van der Waals surface area (Å²) in [5.74, 6) is -2.96. The van der Waals surface area contributed by atoms with Gasteiger partial charge in [0.2, 0.25) is 11.8 Å². The molecule has 0 spiro atoms. The summed E-state index contributed by atoms with van der Waals surface area (Å²) in [5, 5.41) is 0. The molecule has 2 aromatic rings. The Balaban J connectivity index is 1.67. The predicted octanol–water partition coefficient (Wildman–Crippen LogP) is 3.96. The number of imide groups is 1. The first-order chi connectivity index (χ1) is 14.7. The first-order valence-corrected chi connectivity index (χ1v) is 10.4. The van der Waals surface area contributed by atoms with E-state index in [-0.39, 0.29) is 17.4 Å². The van der Waals surface area contributed by atoms with Gasteiger partial charge in [-0.2, -0.15) is 0 Å². The van der Waals surface area contributed by atoms with Crippen molar-refractivity contribution in [2.24, 2.45) is 17.3 Å². The standard InChI is InChI=1S/C25H23FN2O3/c1-25(2,3)22(29)21-19-18(20-17-10-5-4-7-14(17)11-12-27(20)21)23(30)28(24(19)31)16-9-6-8-15(26)13-16/h4-13,18-21H,1-3H3/t18-,19+,20+,21-/m0/s1. The van der Waals surface area contributed by atoms with Gasteiger partial charge in [-0.15, -0.1) is 0 Å². The molecule has 4 atom stereocenters. The van der Waals surface area contributed by atoms with Crippen molar-refractivity contribution < 1.29 is 18.8 Å². The second-order valence-corrected chi connectivity index (χ2v) is 9.44. The smallest absolute Gasteiger partial charge is 0.240 e. The molecule has 5 rings (SSSR count). The molecule has 31 heavy (non-hydrogen) atoms. The van der Waals surface area contributed by atoms with Crippen LogP contribution in [0, 0.1) is 23.1 Å². The Morgan fingerprint density at radius 3 is 2.39 bits per heavy atom. The van der Waals surface area contributed by atoms with Gasteiger partial charge in [0.25, 0.3) is 0 Å². The molecular formula is C25H23FN2O3. The zero-order valence-corrected chi connectivity index (χ0v) is 17.6. The molecule has 0 unspecified atom stereocenters.